The van der Waals surface area contributed by atoms with Gasteiger partial charge in [0.05, 0.1) is 12.9 Å². The number of aromatic amines is 1. The zero-order chi connectivity index (χ0) is 29.7. The fourth-order valence-electron chi connectivity index (χ4n) is 3.81. The number of imidazole rings is 1. The molecule has 220 valence electrons. The number of ether oxygens (including phenoxy) is 1. The predicted molar refractivity (Wildman–Crippen MR) is 157 cm³/mol. The van der Waals surface area contributed by atoms with Gasteiger partial charge in [0, 0.05) is 5.92 Å². The summed E-state index contributed by atoms with van der Waals surface area (Å²) in [7, 11) is -4.66. The maximum absolute atomic E-state index is 12.9. The normalized spacial score (nSPS) is 23.1. The number of H-pyrrole nitrogens is 1. The molecule has 1 saturated heterocycles. The number of carbonyl (C=O) groups is 1. The van der Waals surface area contributed by atoms with E-state index in [1.54, 1.807) is 18.4 Å². The lowest BCUT2D eigenvalue weighted by Crippen LogP contribution is -2.53. The van der Waals surface area contributed by atoms with Crippen LogP contribution in [0.5, 0.6) is 0 Å². The number of hydrogen-bond donors (Lipinski definition) is 3. The minimum Gasteiger partial charge on any atom is -0.408 e. The lowest BCUT2D eigenvalue weighted by atomic mass is 10.1. The highest BCUT2D eigenvalue weighted by molar-refractivity contribution is 6.74. The van der Waals surface area contributed by atoms with Crippen LogP contribution >= 0.6 is 0 Å². The molecule has 39 heavy (non-hydrogen) atoms. The van der Waals surface area contributed by atoms with E-state index >= 15 is 0 Å². The van der Waals surface area contributed by atoms with Crippen molar-refractivity contribution in [1.29, 1.82) is 0 Å². The van der Waals surface area contributed by atoms with Crippen LogP contribution in [0.3, 0.4) is 0 Å². The van der Waals surface area contributed by atoms with Gasteiger partial charge in [0.15, 0.2) is 34.0 Å². The summed E-state index contributed by atoms with van der Waals surface area (Å²) in [5.41, 5.74) is -0.122. The predicted octanol–water partition coefficient (Wildman–Crippen LogP) is 4.38. The van der Waals surface area contributed by atoms with Gasteiger partial charge in [-0.05, 0) is 36.3 Å². The molecule has 1 amide bonds. The van der Waals surface area contributed by atoms with Crippen molar-refractivity contribution in [3.8, 4) is 0 Å². The van der Waals surface area contributed by atoms with Gasteiger partial charge in [-0.25, -0.2) is 4.98 Å². The number of rotatable bonds is 8. The third-order valence-electron chi connectivity index (χ3n) is 8.41. The Kier molecular flexibility index (Phi) is 8.77. The van der Waals surface area contributed by atoms with E-state index in [2.05, 4.69) is 88.0 Å². The summed E-state index contributed by atoms with van der Waals surface area (Å²) in [6.45, 7) is 24.9. The summed E-state index contributed by atoms with van der Waals surface area (Å²) in [6, 6.07) is 0. The van der Waals surface area contributed by atoms with Crippen molar-refractivity contribution < 1.29 is 23.5 Å². The molecule has 1 fully saturated rings. The Bertz CT molecular complexity index is 1240. The summed E-state index contributed by atoms with van der Waals surface area (Å²) in [5, 5.41) is 12.9. The molecule has 1 aliphatic heterocycles. The van der Waals surface area contributed by atoms with Crippen LogP contribution < -0.4 is 10.9 Å². The van der Waals surface area contributed by atoms with E-state index < -0.39 is 46.7 Å². The van der Waals surface area contributed by atoms with Crippen LogP contribution in [0.1, 0.15) is 61.6 Å². The molecule has 0 bridgehead atoms. The van der Waals surface area contributed by atoms with Gasteiger partial charge >= 0.3 is 0 Å². The summed E-state index contributed by atoms with van der Waals surface area (Å²) in [5.74, 6) is -0.543. The molecule has 2 aromatic rings. The number of fused-ring (bicyclic) bond motifs is 1. The van der Waals surface area contributed by atoms with Crippen molar-refractivity contribution >= 4 is 39.7 Å². The summed E-state index contributed by atoms with van der Waals surface area (Å²) >= 11 is 0. The molecule has 0 spiro atoms. The molecule has 2 unspecified atom stereocenters. The zero-order valence-corrected chi connectivity index (χ0v) is 27.5. The van der Waals surface area contributed by atoms with Crippen molar-refractivity contribution in [2.24, 2.45) is 5.92 Å². The Balaban J connectivity index is 2.15. The van der Waals surface area contributed by atoms with Gasteiger partial charge < -0.3 is 18.7 Å². The van der Waals surface area contributed by atoms with Crippen LogP contribution in [0.2, 0.25) is 36.3 Å². The van der Waals surface area contributed by atoms with Crippen molar-refractivity contribution in [2.75, 3.05) is 11.9 Å². The molecular weight excluding hydrogens is 534 g/mol. The fraction of sp³-hybridized carbons (Fsp3) is 0.769. The summed E-state index contributed by atoms with van der Waals surface area (Å²) in [4.78, 5) is 36.6. The highest BCUT2D eigenvalue weighted by atomic mass is 28.4. The van der Waals surface area contributed by atoms with E-state index in [0.717, 1.165) is 0 Å². The summed E-state index contributed by atoms with van der Waals surface area (Å²) < 4.78 is 21.9. The summed E-state index contributed by atoms with van der Waals surface area (Å²) in [6.07, 6.45) is -1.06. The SMILES string of the molecule is CC(C)C(=O)Nc1nc2c(ncn2[C@@H]2O[C@H](CO)C(O[Si](C)(C)C(C)(C)C)C2O[Si](C)(C)C(C)(C)C)c(=O)[nH]1. The first-order valence-corrected chi connectivity index (χ1v) is 19.4. The molecular formula is C26H47N5O6Si2. The molecule has 3 heterocycles. The van der Waals surface area contributed by atoms with E-state index in [1.165, 1.54) is 6.33 Å². The Morgan fingerprint density at radius 1 is 1.10 bits per heavy atom. The third kappa shape index (κ3) is 6.38. The highest BCUT2D eigenvalue weighted by Gasteiger charge is 2.54. The lowest BCUT2D eigenvalue weighted by molar-refractivity contribution is -0.118. The zero-order valence-electron chi connectivity index (χ0n) is 25.5. The average Bonchev–Trinajstić information content (AvgIpc) is 3.33. The molecule has 0 aromatic carbocycles. The van der Waals surface area contributed by atoms with Crippen LogP contribution in [0.15, 0.2) is 11.1 Å². The number of hydrogen-bond acceptors (Lipinski definition) is 8. The molecule has 0 saturated carbocycles. The van der Waals surface area contributed by atoms with E-state index in [0.29, 0.717) is 0 Å². The van der Waals surface area contributed by atoms with Crippen LogP contribution in [-0.2, 0) is 18.4 Å². The number of aliphatic hydroxyl groups excluding tert-OH is 1. The van der Waals surface area contributed by atoms with Gasteiger partial charge in [0.1, 0.15) is 18.3 Å². The van der Waals surface area contributed by atoms with Crippen LogP contribution in [-0.4, -0.2) is 72.1 Å². The minimum atomic E-state index is -2.36. The molecule has 3 N–H and O–H groups in total. The lowest BCUT2D eigenvalue weighted by Gasteiger charge is -2.44. The molecule has 1 aliphatic rings. The van der Waals surface area contributed by atoms with E-state index in [1.807, 2.05) is 0 Å². The first-order valence-electron chi connectivity index (χ1n) is 13.6. The second kappa shape index (κ2) is 10.8. The Hall–Kier alpha value is -1.91. The van der Waals surface area contributed by atoms with Crippen LogP contribution in [0.25, 0.3) is 11.2 Å². The Labute approximate surface area is 233 Å². The van der Waals surface area contributed by atoms with Gasteiger partial charge in [-0.3, -0.25) is 24.5 Å². The second-order valence-corrected chi connectivity index (χ2v) is 23.3. The second-order valence-electron chi connectivity index (χ2n) is 13.8. The highest BCUT2D eigenvalue weighted by Crippen LogP contribution is 2.46. The Morgan fingerprint density at radius 2 is 1.64 bits per heavy atom. The smallest absolute Gasteiger partial charge is 0.280 e. The standard InChI is InChI=1S/C26H47N5O6Si2/c1-15(2)21(33)29-24-28-20-17(22(34)30-24)27-14-31(20)23-19(37-39(11,12)26(6,7)8)18(16(13-32)35-23)36-38(9,10)25(3,4)5/h14-16,18-19,23,32H,13H2,1-12H3,(H2,28,29,30,33,34)/t16-,18?,19?,23-/m1/s1. The average molecular weight is 582 g/mol. The molecule has 0 radical (unpaired) electrons. The van der Waals surface area contributed by atoms with Crippen molar-refractivity contribution in [3.05, 3.63) is 16.7 Å². The molecule has 13 heteroatoms. The van der Waals surface area contributed by atoms with Gasteiger partial charge in [-0.1, -0.05) is 55.4 Å². The molecule has 3 rings (SSSR count). The van der Waals surface area contributed by atoms with Crippen molar-refractivity contribution in [1.82, 2.24) is 19.5 Å². The first kappa shape index (κ1) is 31.6. The number of anilines is 1. The number of amides is 1. The first-order chi connectivity index (χ1) is 17.7. The largest absolute Gasteiger partial charge is 0.408 e. The van der Waals surface area contributed by atoms with E-state index in [4.69, 9.17) is 13.6 Å². The fourth-order valence-corrected chi connectivity index (χ4v) is 6.42. The van der Waals surface area contributed by atoms with E-state index in [9.17, 15) is 14.7 Å². The monoisotopic (exact) mass is 581 g/mol. The topological polar surface area (TPSA) is 141 Å². The minimum absolute atomic E-state index is 0.0283. The number of nitrogens with zero attached hydrogens (tertiary/aromatic N) is 3. The molecule has 4 atom stereocenters. The van der Waals surface area contributed by atoms with Gasteiger partial charge in [0.2, 0.25) is 11.9 Å². The van der Waals surface area contributed by atoms with Crippen LogP contribution in [0, 0.1) is 5.92 Å². The molecule has 2 aromatic heterocycles. The van der Waals surface area contributed by atoms with Gasteiger partial charge in [0.25, 0.3) is 5.56 Å². The van der Waals surface area contributed by atoms with Gasteiger partial charge in [-0.15, -0.1) is 0 Å². The molecule has 0 aliphatic carbocycles. The maximum atomic E-state index is 12.9. The molecule has 11 nitrogen and oxygen atoms in total. The number of carbonyl (C=O) groups excluding carboxylic acids is 1. The van der Waals surface area contributed by atoms with Crippen LogP contribution in [0.4, 0.5) is 5.95 Å². The van der Waals surface area contributed by atoms with Gasteiger partial charge in [-0.2, -0.15) is 4.98 Å². The quantitative estimate of drug-likeness (QED) is 0.390. The van der Waals surface area contributed by atoms with Crippen molar-refractivity contribution in [3.63, 3.8) is 0 Å². The van der Waals surface area contributed by atoms with Crippen molar-refractivity contribution in [2.45, 2.75) is 116 Å². The Morgan fingerprint density at radius 3 is 2.13 bits per heavy atom. The maximum Gasteiger partial charge on any atom is 0.280 e. The number of nitrogens with one attached hydrogen (secondary N) is 2. The number of aliphatic hydroxyl groups is 1. The third-order valence-corrected chi connectivity index (χ3v) is 17.4. The number of aromatic nitrogens is 4. The van der Waals surface area contributed by atoms with E-state index in [-0.39, 0.29) is 45.6 Å².